The van der Waals surface area contributed by atoms with Gasteiger partial charge in [-0.25, -0.2) is 0 Å². The number of nitrogens with one attached hydrogen (secondary N) is 1. The molecule has 0 spiro atoms. The number of hydrogen-bond acceptors (Lipinski definition) is 2. The Bertz CT molecular complexity index is 385. The van der Waals surface area contributed by atoms with Crippen LogP contribution in [0, 0.1) is 0 Å². The summed E-state index contributed by atoms with van der Waals surface area (Å²) in [6, 6.07) is 8.41. The molecule has 0 aromatic heterocycles. The van der Waals surface area contributed by atoms with Gasteiger partial charge in [-0.15, -0.1) is 0 Å². The Morgan fingerprint density at radius 3 is 2.61 bits per heavy atom. The zero-order chi connectivity index (χ0) is 12.8. The molecule has 2 rings (SSSR count). The highest BCUT2D eigenvalue weighted by Gasteiger charge is 2.15. The molecular formula is C14H18BrNO2. The average Bonchev–Trinajstić information content (AvgIpc) is 2.39. The maximum absolute atomic E-state index is 11.8. The second-order valence-electron chi connectivity index (χ2n) is 4.58. The summed E-state index contributed by atoms with van der Waals surface area (Å²) in [6.45, 7) is 1.52. The Morgan fingerprint density at radius 2 is 1.94 bits per heavy atom. The molecule has 1 aliphatic rings. The van der Waals surface area contributed by atoms with E-state index in [0.717, 1.165) is 36.9 Å². The van der Waals surface area contributed by atoms with Crippen molar-refractivity contribution in [3.8, 4) is 0 Å². The van der Waals surface area contributed by atoms with Crippen molar-refractivity contribution in [1.29, 1.82) is 0 Å². The smallest absolute Gasteiger partial charge is 0.220 e. The van der Waals surface area contributed by atoms with E-state index in [2.05, 4.69) is 21.2 Å². The predicted octanol–water partition coefficient (Wildman–Crippen LogP) is 2.68. The van der Waals surface area contributed by atoms with Crippen LogP contribution in [0.5, 0.6) is 0 Å². The van der Waals surface area contributed by atoms with Gasteiger partial charge in [0.1, 0.15) is 0 Å². The van der Waals surface area contributed by atoms with Gasteiger partial charge in [0.25, 0.3) is 0 Å². The van der Waals surface area contributed by atoms with Gasteiger partial charge in [0.2, 0.25) is 5.91 Å². The zero-order valence-electron chi connectivity index (χ0n) is 10.3. The van der Waals surface area contributed by atoms with Gasteiger partial charge in [-0.2, -0.15) is 0 Å². The fourth-order valence-corrected chi connectivity index (χ4v) is 2.32. The lowest BCUT2D eigenvalue weighted by Crippen LogP contribution is -2.38. The maximum Gasteiger partial charge on any atom is 0.220 e. The van der Waals surface area contributed by atoms with E-state index in [4.69, 9.17) is 4.74 Å². The van der Waals surface area contributed by atoms with Crippen molar-refractivity contribution in [2.75, 3.05) is 13.2 Å². The fourth-order valence-electron chi connectivity index (χ4n) is 2.05. The molecule has 4 heteroatoms. The van der Waals surface area contributed by atoms with Gasteiger partial charge >= 0.3 is 0 Å². The van der Waals surface area contributed by atoms with Crippen molar-refractivity contribution in [1.82, 2.24) is 5.32 Å². The summed E-state index contributed by atoms with van der Waals surface area (Å²) in [6.07, 6.45) is 3.22. The molecule has 1 aromatic carbocycles. The Labute approximate surface area is 116 Å². The number of carbonyl (C=O) groups excluding carboxylic acids is 1. The molecule has 0 unspecified atom stereocenters. The second-order valence-corrected chi connectivity index (χ2v) is 5.50. The minimum Gasteiger partial charge on any atom is -0.381 e. The van der Waals surface area contributed by atoms with E-state index in [1.165, 1.54) is 5.56 Å². The van der Waals surface area contributed by atoms with Gasteiger partial charge in [-0.05, 0) is 37.0 Å². The van der Waals surface area contributed by atoms with Gasteiger partial charge in [0, 0.05) is 30.1 Å². The van der Waals surface area contributed by atoms with Crippen molar-refractivity contribution in [2.45, 2.75) is 31.7 Å². The summed E-state index contributed by atoms with van der Waals surface area (Å²) in [5.74, 6) is 0.143. The topological polar surface area (TPSA) is 38.3 Å². The molecule has 1 heterocycles. The van der Waals surface area contributed by atoms with Crippen LogP contribution in [0.3, 0.4) is 0 Å². The van der Waals surface area contributed by atoms with Crippen molar-refractivity contribution in [3.63, 3.8) is 0 Å². The van der Waals surface area contributed by atoms with Crippen LogP contribution in [0.25, 0.3) is 0 Å². The number of hydrogen-bond donors (Lipinski definition) is 1. The highest BCUT2D eigenvalue weighted by atomic mass is 79.9. The van der Waals surface area contributed by atoms with E-state index < -0.39 is 0 Å². The van der Waals surface area contributed by atoms with E-state index in [1.807, 2.05) is 24.3 Å². The molecule has 1 aromatic rings. The average molecular weight is 312 g/mol. The van der Waals surface area contributed by atoms with Crippen molar-refractivity contribution >= 4 is 21.8 Å². The monoisotopic (exact) mass is 311 g/mol. The maximum atomic E-state index is 11.8. The summed E-state index contributed by atoms with van der Waals surface area (Å²) < 4.78 is 6.33. The molecule has 1 aliphatic heterocycles. The normalized spacial score (nSPS) is 16.5. The minimum absolute atomic E-state index is 0.143. The number of rotatable bonds is 4. The Hall–Kier alpha value is -0.870. The molecule has 0 bridgehead atoms. The fraction of sp³-hybridized carbons (Fsp3) is 0.500. The molecule has 0 radical (unpaired) electrons. The molecule has 1 fully saturated rings. The van der Waals surface area contributed by atoms with Crippen LogP contribution >= 0.6 is 15.9 Å². The van der Waals surface area contributed by atoms with Crippen LogP contribution in [-0.2, 0) is 16.0 Å². The molecule has 1 amide bonds. The quantitative estimate of drug-likeness (QED) is 0.928. The lowest BCUT2D eigenvalue weighted by Gasteiger charge is -2.23. The van der Waals surface area contributed by atoms with Crippen LogP contribution in [0.4, 0.5) is 0 Å². The lowest BCUT2D eigenvalue weighted by molar-refractivity contribution is -0.122. The van der Waals surface area contributed by atoms with Gasteiger partial charge in [0.15, 0.2) is 0 Å². The first-order valence-corrected chi connectivity index (χ1v) is 7.15. The van der Waals surface area contributed by atoms with Crippen molar-refractivity contribution in [2.24, 2.45) is 0 Å². The summed E-state index contributed by atoms with van der Waals surface area (Å²) >= 11 is 3.40. The Kier molecular flexibility index (Phi) is 5.20. The largest absolute Gasteiger partial charge is 0.381 e. The Balaban J connectivity index is 1.72. The van der Waals surface area contributed by atoms with Gasteiger partial charge in [-0.3, -0.25) is 4.79 Å². The molecule has 18 heavy (non-hydrogen) atoms. The van der Waals surface area contributed by atoms with Crippen LogP contribution in [-0.4, -0.2) is 25.2 Å². The van der Waals surface area contributed by atoms with E-state index in [1.54, 1.807) is 0 Å². The molecule has 3 nitrogen and oxygen atoms in total. The molecule has 98 valence electrons. The Morgan fingerprint density at radius 1 is 1.28 bits per heavy atom. The zero-order valence-corrected chi connectivity index (χ0v) is 11.9. The summed E-state index contributed by atoms with van der Waals surface area (Å²) in [4.78, 5) is 11.8. The standard InChI is InChI=1S/C14H18BrNO2/c15-12-4-1-11(2-5-12)3-6-14(17)16-13-7-9-18-10-8-13/h1-2,4-5,13H,3,6-10H2,(H,16,17). The molecule has 0 atom stereocenters. The first kappa shape index (κ1) is 13.6. The highest BCUT2D eigenvalue weighted by molar-refractivity contribution is 9.10. The van der Waals surface area contributed by atoms with Crippen LogP contribution in [0.15, 0.2) is 28.7 Å². The molecule has 1 saturated heterocycles. The van der Waals surface area contributed by atoms with Crippen molar-refractivity contribution < 1.29 is 9.53 Å². The minimum atomic E-state index is 0.143. The molecule has 1 N–H and O–H groups in total. The second kappa shape index (κ2) is 6.90. The number of ether oxygens (including phenoxy) is 1. The van der Waals surface area contributed by atoms with E-state index in [-0.39, 0.29) is 5.91 Å². The SMILES string of the molecule is O=C(CCc1ccc(Br)cc1)NC1CCOCC1. The lowest BCUT2D eigenvalue weighted by atomic mass is 10.1. The van der Waals surface area contributed by atoms with Gasteiger partial charge in [0.05, 0.1) is 0 Å². The van der Waals surface area contributed by atoms with E-state index in [9.17, 15) is 4.79 Å². The number of amides is 1. The highest BCUT2D eigenvalue weighted by Crippen LogP contribution is 2.12. The van der Waals surface area contributed by atoms with Crippen LogP contribution < -0.4 is 5.32 Å². The molecule has 0 aliphatic carbocycles. The first-order valence-electron chi connectivity index (χ1n) is 6.35. The summed E-state index contributed by atoms with van der Waals surface area (Å²) in [5.41, 5.74) is 1.19. The van der Waals surface area contributed by atoms with Gasteiger partial charge < -0.3 is 10.1 Å². The number of halogens is 1. The van der Waals surface area contributed by atoms with Crippen LogP contribution in [0.1, 0.15) is 24.8 Å². The summed E-state index contributed by atoms with van der Waals surface area (Å²) in [5, 5.41) is 3.07. The first-order chi connectivity index (χ1) is 8.74. The van der Waals surface area contributed by atoms with E-state index >= 15 is 0 Å². The predicted molar refractivity (Wildman–Crippen MR) is 74.4 cm³/mol. The third-order valence-electron chi connectivity index (χ3n) is 3.14. The summed E-state index contributed by atoms with van der Waals surface area (Å²) in [7, 11) is 0. The molecule has 0 saturated carbocycles. The van der Waals surface area contributed by atoms with Gasteiger partial charge in [-0.1, -0.05) is 28.1 Å². The number of aryl methyl sites for hydroxylation is 1. The molecular weight excluding hydrogens is 294 g/mol. The third kappa shape index (κ3) is 4.42. The van der Waals surface area contributed by atoms with Crippen LogP contribution in [0.2, 0.25) is 0 Å². The number of benzene rings is 1. The van der Waals surface area contributed by atoms with E-state index in [0.29, 0.717) is 12.5 Å². The van der Waals surface area contributed by atoms with Crippen molar-refractivity contribution in [3.05, 3.63) is 34.3 Å². The third-order valence-corrected chi connectivity index (χ3v) is 3.67. The number of carbonyl (C=O) groups is 1.